The van der Waals surface area contributed by atoms with Crippen molar-refractivity contribution in [2.24, 2.45) is 10.9 Å². The molecule has 1 aromatic carbocycles. The van der Waals surface area contributed by atoms with E-state index < -0.39 is 0 Å². The van der Waals surface area contributed by atoms with E-state index in [0.717, 1.165) is 62.0 Å². The molecule has 1 unspecified atom stereocenters. The molecule has 30 heavy (non-hydrogen) atoms. The van der Waals surface area contributed by atoms with Crippen molar-refractivity contribution in [3.63, 3.8) is 0 Å². The van der Waals surface area contributed by atoms with E-state index in [1.165, 1.54) is 10.6 Å². The number of rotatable bonds is 9. The number of ether oxygens (including phenoxy) is 2. The fourth-order valence-electron chi connectivity index (χ4n) is 3.20. The molecule has 2 heterocycles. The van der Waals surface area contributed by atoms with Gasteiger partial charge in [-0.15, -0.1) is 35.3 Å². The van der Waals surface area contributed by atoms with Crippen LogP contribution in [-0.2, 0) is 24.1 Å². The van der Waals surface area contributed by atoms with E-state index in [2.05, 4.69) is 58.0 Å². The van der Waals surface area contributed by atoms with Gasteiger partial charge in [-0.05, 0) is 31.4 Å². The highest BCUT2D eigenvalue weighted by Gasteiger charge is 2.17. The predicted molar refractivity (Wildman–Crippen MR) is 134 cm³/mol. The van der Waals surface area contributed by atoms with E-state index in [-0.39, 0.29) is 24.0 Å². The Balaban J connectivity index is 0.00000320. The summed E-state index contributed by atoms with van der Waals surface area (Å²) < 4.78 is 11.6. The first kappa shape index (κ1) is 24.9. The summed E-state index contributed by atoms with van der Waals surface area (Å²) in [7, 11) is 1.79. The lowest BCUT2D eigenvalue weighted by Crippen LogP contribution is -2.38. The number of hydrogen-bond donors (Lipinski definition) is 2. The SMILES string of the molecule is CCc1nc(CCNC(=NC)NCc2ccc(C)cc2OCC2CCOC2)cs1.I. The van der Waals surface area contributed by atoms with E-state index >= 15 is 0 Å². The summed E-state index contributed by atoms with van der Waals surface area (Å²) in [4.78, 5) is 8.94. The second-order valence-corrected chi connectivity index (χ2v) is 8.28. The molecule has 6 nitrogen and oxygen atoms in total. The van der Waals surface area contributed by atoms with Crippen LogP contribution in [0.3, 0.4) is 0 Å². The van der Waals surface area contributed by atoms with Crippen LogP contribution >= 0.6 is 35.3 Å². The van der Waals surface area contributed by atoms with Gasteiger partial charge in [0.1, 0.15) is 5.75 Å². The Hall–Kier alpha value is -1.39. The summed E-state index contributed by atoms with van der Waals surface area (Å²) in [5.74, 6) is 2.21. The fraction of sp³-hybridized carbons (Fsp3) is 0.545. The van der Waals surface area contributed by atoms with Gasteiger partial charge in [0.15, 0.2) is 5.96 Å². The Morgan fingerprint density at radius 2 is 2.23 bits per heavy atom. The average Bonchev–Trinajstić information content (AvgIpc) is 3.41. The number of aliphatic imine (C=N–C) groups is 1. The fourth-order valence-corrected chi connectivity index (χ4v) is 3.98. The smallest absolute Gasteiger partial charge is 0.191 e. The standard InChI is InChI=1S/C22H32N4O2S.HI/c1-4-21-26-19(15-29-21)7-9-24-22(23-3)25-12-18-6-5-16(2)11-20(18)28-14-17-8-10-27-13-17;/h5-6,11,15,17H,4,7-10,12-14H2,1-3H3,(H2,23,24,25);1H. The average molecular weight is 545 g/mol. The maximum absolute atomic E-state index is 6.13. The van der Waals surface area contributed by atoms with E-state index in [1.54, 1.807) is 18.4 Å². The number of guanidine groups is 1. The van der Waals surface area contributed by atoms with Crippen LogP contribution in [0.5, 0.6) is 5.75 Å². The molecule has 0 amide bonds. The van der Waals surface area contributed by atoms with Crippen LogP contribution in [0.15, 0.2) is 28.6 Å². The van der Waals surface area contributed by atoms with Gasteiger partial charge in [0.2, 0.25) is 0 Å². The maximum Gasteiger partial charge on any atom is 0.191 e. The second kappa shape index (κ2) is 13.1. The number of halogens is 1. The molecule has 0 radical (unpaired) electrons. The number of aromatic nitrogens is 1. The summed E-state index contributed by atoms with van der Waals surface area (Å²) in [6, 6.07) is 6.35. The molecule has 3 rings (SSSR count). The zero-order chi connectivity index (χ0) is 20.5. The van der Waals surface area contributed by atoms with Gasteiger partial charge in [0.05, 0.1) is 23.9 Å². The molecule has 2 N–H and O–H groups in total. The minimum absolute atomic E-state index is 0. The van der Waals surface area contributed by atoms with Crippen molar-refractivity contribution >= 4 is 41.3 Å². The van der Waals surface area contributed by atoms with Gasteiger partial charge >= 0.3 is 0 Å². The number of aryl methyl sites for hydroxylation is 2. The molecule has 1 aromatic heterocycles. The number of thiazole rings is 1. The van der Waals surface area contributed by atoms with Crippen molar-refractivity contribution in [1.29, 1.82) is 0 Å². The van der Waals surface area contributed by atoms with Crippen molar-refractivity contribution in [3.05, 3.63) is 45.4 Å². The molecule has 1 atom stereocenters. The molecule has 0 aliphatic carbocycles. The molecular weight excluding hydrogens is 511 g/mol. The zero-order valence-electron chi connectivity index (χ0n) is 18.1. The van der Waals surface area contributed by atoms with E-state index in [4.69, 9.17) is 9.47 Å². The Labute approximate surface area is 200 Å². The topological polar surface area (TPSA) is 67.8 Å². The lowest BCUT2D eigenvalue weighted by Gasteiger charge is -2.17. The van der Waals surface area contributed by atoms with Crippen LogP contribution < -0.4 is 15.4 Å². The minimum Gasteiger partial charge on any atom is -0.493 e. The van der Waals surface area contributed by atoms with Gasteiger partial charge in [-0.25, -0.2) is 4.98 Å². The van der Waals surface area contributed by atoms with E-state index in [1.807, 2.05) is 0 Å². The Bertz CT molecular complexity index is 806. The van der Waals surface area contributed by atoms with Gasteiger partial charge in [0.25, 0.3) is 0 Å². The normalized spacial score (nSPS) is 16.2. The molecule has 0 spiro atoms. The van der Waals surface area contributed by atoms with Crippen LogP contribution in [0.2, 0.25) is 0 Å². The molecule has 1 aliphatic rings. The van der Waals surface area contributed by atoms with Gasteiger partial charge in [0, 0.05) is 50.0 Å². The maximum atomic E-state index is 6.13. The van der Waals surface area contributed by atoms with Crippen molar-refractivity contribution in [3.8, 4) is 5.75 Å². The first-order valence-corrected chi connectivity index (χ1v) is 11.2. The lowest BCUT2D eigenvalue weighted by atomic mass is 10.1. The van der Waals surface area contributed by atoms with Crippen molar-refractivity contribution < 1.29 is 9.47 Å². The van der Waals surface area contributed by atoms with Crippen LogP contribution in [0, 0.1) is 12.8 Å². The summed E-state index contributed by atoms with van der Waals surface area (Å²) in [5.41, 5.74) is 3.47. The van der Waals surface area contributed by atoms with Crippen LogP contribution in [-0.4, -0.2) is 44.4 Å². The third-order valence-corrected chi connectivity index (χ3v) is 6.01. The lowest BCUT2D eigenvalue weighted by molar-refractivity contribution is 0.166. The largest absolute Gasteiger partial charge is 0.493 e. The third kappa shape index (κ3) is 7.70. The highest BCUT2D eigenvalue weighted by Crippen LogP contribution is 2.22. The van der Waals surface area contributed by atoms with E-state index in [9.17, 15) is 0 Å². The first-order valence-electron chi connectivity index (χ1n) is 10.4. The zero-order valence-corrected chi connectivity index (χ0v) is 21.2. The highest BCUT2D eigenvalue weighted by molar-refractivity contribution is 14.0. The van der Waals surface area contributed by atoms with Crippen LogP contribution in [0.4, 0.5) is 0 Å². The summed E-state index contributed by atoms with van der Waals surface area (Å²) in [6.45, 7) is 8.03. The number of hydrogen-bond acceptors (Lipinski definition) is 5. The predicted octanol–water partition coefficient (Wildman–Crippen LogP) is 3.95. The molecular formula is C22H33IN4O2S. The van der Waals surface area contributed by atoms with Gasteiger partial charge in [-0.2, -0.15) is 0 Å². The van der Waals surface area contributed by atoms with Crippen molar-refractivity contribution in [2.75, 3.05) is 33.4 Å². The van der Waals surface area contributed by atoms with Crippen LogP contribution in [0.1, 0.15) is 35.2 Å². The second-order valence-electron chi connectivity index (χ2n) is 7.34. The first-order chi connectivity index (χ1) is 14.2. The number of benzene rings is 1. The summed E-state index contributed by atoms with van der Waals surface area (Å²) in [6.07, 6.45) is 2.96. The van der Waals surface area contributed by atoms with Crippen molar-refractivity contribution in [2.45, 2.75) is 39.7 Å². The third-order valence-electron chi connectivity index (χ3n) is 4.97. The summed E-state index contributed by atoms with van der Waals surface area (Å²) in [5, 5.41) is 10.1. The Morgan fingerprint density at radius 1 is 1.37 bits per heavy atom. The number of nitrogens with one attached hydrogen (secondary N) is 2. The molecule has 2 aromatic rings. The molecule has 8 heteroatoms. The molecule has 166 valence electrons. The molecule has 1 saturated heterocycles. The van der Waals surface area contributed by atoms with Crippen LogP contribution in [0.25, 0.3) is 0 Å². The van der Waals surface area contributed by atoms with Gasteiger partial charge in [-0.1, -0.05) is 19.1 Å². The molecule has 1 aliphatic heterocycles. The monoisotopic (exact) mass is 544 g/mol. The Morgan fingerprint density at radius 3 is 2.93 bits per heavy atom. The Kier molecular flexibility index (Phi) is 10.9. The number of nitrogens with zero attached hydrogens (tertiary/aromatic N) is 2. The summed E-state index contributed by atoms with van der Waals surface area (Å²) >= 11 is 1.73. The molecule has 0 bridgehead atoms. The highest BCUT2D eigenvalue weighted by atomic mass is 127. The van der Waals surface area contributed by atoms with Gasteiger partial charge < -0.3 is 20.1 Å². The minimum atomic E-state index is 0. The van der Waals surface area contributed by atoms with E-state index in [0.29, 0.717) is 19.1 Å². The molecule has 1 fully saturated rings. The van der Waals surface area contributed by atoms with Crippen molar-refractivity contribution in [1.82, 2.24) is 15.6 Å². The molecule has 0 saturated carbocycles. The van der Waals surface area contributed by atoms with Gasteiger partial charge in [-0.3, -0.25) is 4.99 Å². The quantitative estimate of drug-likeness (QED) is 0.284.